The number of rotatable bonds is 2. The monoisotopic (exact) mass is 183 g/mol. The molecule has 1 radical (unpaired) electrons. The first kappa shape index (κ1) is 8.82. The van der Waals surface area contributed by atoms with E-state index >= 15 is 0 Å². The fourth-order valence-corrected chi connectivity index (χ4v) is 1.42. The van der Waals surface area contributed by atoms with E-state index in [4.69, 9.17) is 0 Å². The molecule has 0 amide bonds. The van der Waals surface area contributed by atoms with Crippen molar-refractivity contribution in [2.75, 3.05) is 0 Å². The van der Waals surface area contributed by atoms with Crippen molar-refractivity contribution in [2.24, 2.45) is 0 Å². The minimum atomic E-state index is 0.361. The molecule has 0 saturated carbocycles. The van der Waals surface area contributed by atoms with Gasteiger partial charge in [0.2, 0.25) is 0 Å². The van der Waals surface area contributed by atoms with Crippen LogP contribution in [-0.2, 0) is 6.42 Å². The molecule has 2 aromatic rings. The first-order valence-corrected chi connectivity index (χ1v) is 4.58. The van der Waals surface area contributed by atoms with E-state index in [2.05, 4.69) is 6.07 Å². The van der Waals surface area contributed by atoms with Crippen LogP contribution in [0.25, 0.3) is 0 Å². The third kappa shape index (κ3) is 1.94. The van der Waals surface area contributed by atoms with Gasteiger partial charge in [-0.05, 0) is 23.3 Å². The maximum absolute atomic E-state index is 9.56. The zero-order valence-electron chi connectivity index (χ0n) is 7.77. The molecule has 0 aliphatic rings. The Morgan fingerprint density at radius 3 is 2.43 bits per heavy atom. The minimum Gasteiger partial charge on any atom is -0.508 e. The molecule has 0 spiro atoms. The van der Waals surface area contributed by atoms with Crippen LogP contribution < -0.4 is 0 Å². The molecule has 14 heavy (non-hydrogen) atoms. The Morgan fingerprint density at radius 1 is 1.00 bits per heavy atom. The summed E-state index contributed by atoms with van der Waals surface area (Å²) in [6.07, 6.45) is 0.765. The van der Waals surface area contributed by atoms with Crippen LogP contribution in [-0.4, -0.2) is 5.11 Å². The largest absolute Gasteiger partial charge is 0.508 e. The molecule has 0 aliphatic heterocycles. The fraction of sp³-hybridized carbons (Fsp3) is 0.0769. The predicted molar refractivity (Wildman–Crippen MR) is 56.2 cm³/mol. The van der Waals surface area contributed by atoms with E-state index in [1.165, 1.54) is 5.56 Å². The molecule has 0 bridgehead atoms. The lowest BCUT2D eigenvalue weighted by molar-refractivity contribution is 0.469. The van der Waals surface area contributed by atoms with Gasteiger partial charge in [0.25, 0.3) is 0 Å². The summed E-state index contributed by atoms with van der Waals surface area (Å²) in [7, 11) is 0. The molecule has 2 aromatic carbocycles. The van der Waals surface area contributed by atoms with E-state index in [0.29, 0.717) is 5.75 Å². The zero-order chi connectivity index (χ0) is 9.80. The van der Waals surface area contributed by atoms with E-state index in [-0.39, 0.29) is 0 Å². The Morgan fingerprint density at radius 2 is 1.71 bits per heavy atom. The molecule has 0 heterocycles. The summed E-state index contributed by atoms with van der Waals surface area (Å²) < 4.78 is 0. The molecule has 0 fully saturated rings. The van der Waals surface area contributed by atoms with Crippen molar-refractivity contribution in [1.29, 1.82) is 0 Å². The summed E-state index contributed by atoms with van der Waals surface area (Å²) in [5.74, 6) is 0.361. The molecule has 1 nitrogen and oxygen atoms in total. The number of hydrogen-bond acceptors (Lipinski definition) is 1. The average Bonchev–Trinajstić information content (AvgIpc) is 2.23. The predicted octanol–water partition coefficient (Wildman–Crippen LogP) is 2.78. The molecule has 0 saturated heterocycles. The third-order valence-electron chi connectivity index (χ3n) is 2.17. The van der Waals surface area contributed by atoms with E-state index in [9.17, 15) is 5.11 Å². The molecule has 2 rings (SSSR count). The normalized spacial score (nSPS) is 10.0. The quantitative estimate of drug-likeness (QED) is 0.759. The van der Waals surface area contributed by atoms with Gasteiger partial charge in [-0.3, -0.25) is 0 Å². The van der Waals surface area contributed by atoms with Crippen molar-refractivity contribution in [3.63, 3.8) is 0 Å². The lowest BCUT2D eigenvalue weighted by Gasteiger charge is -2.03. The smallest absolute Gasteiger partial charge is 0.119 e. The Hall–Kier alpha value is -1.76. The van der Waals surface area contributed by atoms with Crippen molar-refractivity contribution in [3.8, 4) is 5.75 Å². The number of phenols is 1. The van der Waals surface area contributed by atoms with E-state index in [1.807, 2.05) is 42.5 Å². The Kier molecular flexibility index (Phi) is 2.50. The van der Waals surface area contributed by atoms with Crippen LogP contribution in [0.1, 0.15) is 11.1 Å². The maximum Gasteiger partial charge on any atom is 0.119 e. The summed E-state index contributed by atoms with van der Waals surface area (Å²) in [5, 5.41) is 9.56. The second-order valence-electron chi connectivity index (χ2n) is 3.21. The van der Waals surface area contributed by atoms with Crippen molar-refractivity contribution in [2.45, 2.75) is 6.42 Å². The lowest BCUT2D eigenvalue weighted by atomic mass is 10.0. The van der Waals surface area contributed by atoms with Crippen molar-refractivity contribution < 1.29 is 5.11 Å². The molecular formula is C13H11O. The van der Waals surface area contributed by atoms with E-state index in [1.54, 1.807) is 6.07 Å². The molecule has 0 unspecified atom stereocenters. The lowest BCUT2D eigenvalue weighted by Crippen LogP contribution is -1.87. The average molecular weight is 183 g/mol. The summed E-state index contributed by atoms with van der Waals surface area (Å²) in [6, 6.07) is 18.2. The minimum absolute atomic E-state index is 0.361. The van der Waals surface area contributed by atoms with Crippen LogP contribution in [0.3, 0.4) is 0 Å². The van der Waals surface area contributed by atoms with Gasteiger partial charge in [-0.2, -0.15) is 0 Å². The summed E-state index contributed by atoms with van der Waals surface area (Å²) in [4.78, 5) is 0. The van der Waals surface area contributed by atoms with Gasteiger partial charge in [-0.15, -0.1) is 0 Å². The van der Waals surface area contributed by atoms with Gasteiger partial charge < -0.3 is 5.11 Å². The van der Waals surface area contributed by atoms with Gasteiger partial charge in [-0.1, -0.05) is 42.5 Å². The number of para-hydroxylation sites is 1. The van der Waals surface area contributed by atoms with E-state index in [0.717, 1.165) is 12.0 Å². The fourth-order valence-electron chi connectivity index (χ4n) is 1.42. The van der Waals surface area contributed by atoms with Gasteiger partial charge in [0.15, 0.2) is 0 Å². The summed E-state index contributed by atoms with van der Waals surface area (Å²) >= 11 is 0. The van der Waals surface area contributed by atoms with Crippen molar-refractivity contribution in [1.82, 2.24) is 0 Å². The molecule has 0 atom stereocenters. The van der Waals surface area contributed by atoms with Crippen LogP contribution in [0.2, 0.25) is 0 Å². The van der Waals surface area contributed by atoms with Crippen molar-refractivity contribution >= 4 is 0 Å². The van der Waals surface area contributed by atoms with Crippen LogP contribution >= 0.6 is 0 Å². The van der Waals surface area contributed by atoms with Gasteiger partial charge >= 0.3 is 0 Å². The third-order valence-corrected chi connectivity index (χ3v) is 2.17. The van der Waals surface area contributed by atoms with Crippen molar-refractivity contribution in [3.05, 3.63) is 65.7 Å². The number of aromatic hydroxyl groups is 1. The van der Waals surface area contributed by atoms with Crippen LogP contribution in [0, 0.1) is 6.07 Å². The maximum atomic E-state index is 9.56. The van der Waals surface area contributed by atoms with Gasteiger partial charge in [-0.25, -0.2) is 0 Å². The Balaban J connectivity index is 2.24. The number of phenolic OH excluding ortho intramolecular Hbond substituents is 1. The molecule has 0 aromatic heterocycles. The number of hydrogen-bond donors (Lipinski definition) is 1. The molecular weight excluding hydrogens is 172 g/mol. The molecule has 69 valence electrons. The summed E-state index contributed by atoms with van der Waals surface area (Å²) in [6.45, 7) is 0. The highest BCUT2D eigenvalue weighted by atomic mass is 16.3. The highest BCUT2D eigenvalue weighted by Crippen LogP contribution is 2.19. The SMILES string of the molecule is Oc1ccccc1Cc1cc[c]cc1. The highest BCUT2D eigenvalue weighted by Gasteiger charge is 1.99. The topological polar surface area (TPSA) is 20.2 Å². The van der Waals surface area contributed by atoms with Gasteiger partial charge in [0, 0.05) is 6.42 Å². The molecule has 1 heteroatoms. The first-order chi connectivity index (χ1) is 6.86. The summed E-state index contributed by atoms with van der Waals surface area (Å²) in [5.41, 5.74) is 2.14. The van der Waals surface area contributed by atoms with Crippen LogP contribution in [0.5, 0.6) is 5.75 Å². The molecule has 1 N–H and O–H groups in total. The second kappa shape index (κ2) is 3.97. The standard InChI is InChI=1S/C13H11O/c14-13-9-5-4-8-12(13)10-11-6-2-1-3-7-11/h2-9,14H,10H2. The Labute approximate surface area is 83.6 Å². The zero-order valence-corrected chi connectivity index (χ0v) is 7.77. The van der Waals surface area contributed by atoms with Gasteiger partial charge in [0.1, 0.15) is 5.75 Å². The second-order valence-corrected chi connectivity index (χ2v) is 3.21. The number of benzene rings is 2. The van der Waals surface area contributed by atoms with Crippen LogP contribution in [0.15, 0.2) is 48.5 Å². The van der Waals surface area contributed by atoms with Crippen LogP contribution in [0.4, 0.5) is 0 Å². The molecule has 0 aliphatic carbocycles. The highest BCUT2D eigenvalue weighted by molar-refractivity contribution is 5.36. The Bertz CT molecular complexity index is 407. The van der Waals surface area contributed by atoms with Gasteiger partial charge in [0.05, 0.1) is 0 Å². The van der Waals surface area contributed by atoms with E-state index < -0.39 is 0 Å². The first-order valence-electron chi connectivity index (χ1n) is 4.58.